The number of alkyl halides is 6. The van der Waals surface area contributed by atoms with E-state index in [0.29, 0.717) is 66.4 Å². The maximum atomic E-state index is 14.0. The average molecular weight is 688 g/mol. The number of quaternary nitrogens is 1. The molecule has 1 amide bonds. The van der Waals surface area contributed by atoms with Crippen LogP contribution in [0.2, 0.25) is 0 Å². The number of halogens is 6. The number of rotatable bonds is 8. The van der Waals surface area contributed by atoms with Crippen molar-refractivity contribution in [1.29, 1.82) is 0 Å². The van der Waals surface area contributed by atoms with Crippen molar-refractivity contribution in [3.63, 3.8) is 0 Å². The van der Waals surface area contributed by atoms with E-state index in [2.05, 4.69) is 4.98 Å². The van der Waals surface area contributed by atoms with Crippen molar-refractivity contribution in [2.24, 2.45) is 0 Å². The van der Waals surface area contributed by atoms with Crippen LogP contribution in [0.15, 0.2) is 54.7 Å². The maximum absolute atomic E-state index is 14.0. The first kappa shape index (κ1) is 36.4. The van der Waals surface area contributed by atoms with E-state index in [-0.39, 0.29) is 12.2 Å². The summed E-state index contributed by atoms with van der Waals surface area (Å²) in [5.74, 6) is -0.161. The van der Waals surface area contributed by atoms with Gasteiger partial charge in [-0.15, -0.1) is 0 Å². The van der Waals surface area contributed by atoms with Crippen LogP contribution in [0.3, 0.4) is 0 Å². The lowest BCUT2D eigenvalue weighted by molar-refractivity contribution is -0.907. The second kappa shape index (κ2) is 12.9. The zero-order valence-electron chi connectivity index (χ0n) is 26.7. The molecule has 3 aromatic rings. The number of nitrogens with zero attached hydrogens (tertiary/aromatic N) is 4. The zero-order valence-corrected chi connectivity index (χ0v) is 27.5. The molecular formula is C32H38F6N4O4P+. The highest BCUT2D eigenvalue weighted by molar-refractivity contribution is 7.51. The van der Waals surface area contributed by atoms with Crippen LogP contribution in [0, 0.1) is 6.92 Å². The first-order valence-corrected chi connectivity index (χ1v) is 16.6. The van der Waals surface area contributed by atoms with Gasteiger partial charge in [0.1, 0.15) is 5.82 Å². The molecule has 0 aliphatic carbocycles. The van der Waals surface area contributed by atoms with Crippen molar-refractivity contribution in [3.8, 4) is 11.1 Å². The number of pyridine rings is 1. The van der Waals surface area contributed by atoms with Crippen molar-refractivity contribution in [1.82, 2.24) is 4.98 Å². The molecule has 256 valence electrons. The molecule has 1 saturated heterocycles. The van der Waals surface area contributed by atoms with Gasteiger partial charge in [-0.2, -0.15) is 26.3 Å². The van der Waals surface area contributed by atoms with Gasteiger partial charge < -0.3 is 24.1 Å². The number of carbonyl (C=O) groups excluding carboxylic acids is 1. The quantitative estimate of drug-likeness (QED) is 0.160. The smallest absolute Gasteiger partial charge is 0.345 e. The lowest BCUT2D eigenvalue weighted by Gasteiger charge is -2.42. The summed E-state index contributed by atoms with van der Waals surface area (Å²) >= 11 is 0. The summed E-state index contributed by atoms with van der Waals surface area (Å²) in [7, 11) is -0.797. The van der Waals surface area contributed by atoms with Crippen LogP contribution in [0.25, 0.3) is 11.1 Å². The molecular weight excluding hydrogens is 649 g/mol. The summed E-state index contributed by atoms with van der Waals surface area (Å²) in [6, 6.07) is 10.3. The molecule has 15 heteroatoms. The molecule has 0 spiro atoms. The Morgan fingerprint density at radius 2 is 1.47 bits per heavy atom. The highest BCUT2D eigenvalue weighted by Crippen LogP contribution is 2.41. The second-order valence-electron chi connectivity index (χ2n) is 12.8. The molecule has 0 bridgehead atoms. The molecule has 8 nitrogen and oxygen atoms in total. The van der Waals surface area contributed by atoms with Crippen molar-refractivity contribution in [2.45, 2.75) is 38.5 Å². The van der Waals surface area contributed by atoms with Gasteiger partial charge in [-0.05, 0) is 61.7 Å². The lowest BCUT2D eigenvalue weighted by atomic mass is 9.81. The number of hydrogen-bond acceptors (Lipinski definition) is 4. The van der Waals surface area contributed by atoms with E-state index in [1.807, 2.05) is 43.1 Å². The third-order valence-electron chi connectivity index (χ3n) is 8.89. The topological polar surface area (TPSA) is 94.0 Å². The molecule has 1 aromatic heterocycles. The van der Waals surface area contributed by atoms with E-state index in [0.717, 1.165) is 11.1 Å². The average Bonchev–Trinajstić information content (AvgIpc) is 2.98. The van der Waals surface area contributed by atoms with Gasteiger partial charge in [0.25, 0.3) is 0 Å². The largest absolute Gasteiger partial charge is 0.416 e. The van der Waals surface area contributed by atoms with Crippen LogP contribution in [0.4, 0.5) is 37.8 Å². The SMILES string of the molecule is Cc1ccccc1-c1cc(N2CC[N+](C)(CCP(=O)(O)O)CC2)ncc1N(C)C(=O)C(C)(C)c1cc(C(F)(F)F)cc(C(F)(F)F)c1. The van der Waals surface area contributed by atoms with Gasteiger partial charge in [0, 0.05) is 12.6 Å². The number of carbonyl (C=O) groups is 1. The first-order chi connectivity index (χ1) is 21.5. The van der Waals surface area contributed by atoms with E-state index in [9.17, 15) is 45.5 Å². The Labute approximate surface area is 269 Å². The van der Waals surface area contributed by atoms with Gasteiger partial charge in [-0.3, -0.25) is 9.36 Å². The fraction of sp³-hybridized carbons (Fsp3) is 0.438. The highest BCUT2D eigenvalue weighted by Gasteiger charge is 2.41. The normalized spacial score (nSPS) is 15.9. The molecule has 47 heavy (non-hydrogen) atoms. The van der Waals surface area contributed by atoms with E-state index >= 15 is 0 Å². The van der Waals surface area contributed by atoms with E-state index in [1.165, 1.54) is 32.0 Å². The van der Waals surface area contributed by atoms with Crippen LogP contribution in [0.5, 0.6) is 0 Å². The predicted molar refractivity (Wildman–Crippen MR) is 167 cm³/mol. The molecule has 2 aromatic carbocycles. The Bertz CT molecular complexity index is 1650. The van der Waals surface area contributed by atoms with Crippen LogP contribution < -0.4 is 9.80 Å². The Morgan fingerprint density at radius 1 is 0.936 bits per heavy atom. The van der Waals surface area contributed by atoms with Gasteiger partial charge in [-0.25, -0.2) is 4.98 Å². The second-order valence-corrected chi connectivity index (χ2v) is 14.6. The summed E-state index contributed by atoms with van der Waals surface area (Å²) in [5, 5.41) is 0. The molecule has 0 unspecified atom stereocenters. The van der Waals surface area contributed by atoms with Gasteiger partial charge in [0.05, 0.1) is 74.4 Å². The standard InChI is InChI=1S/C32H37F6N4O4P/c1-21-8-6-7-9-25(21)26-19-28(41-10-12-42(5,13-11-41)14-15-47(44,45)46)39-20-27(26)40(4)29(43)30(2,3)22-16-23(31(33,34)35)18-24(17-22)32(36,37)38/h6-9,16-20H,10-15H2,1-5H3,(H-,44,45,46)/p+1. The summed E-state index contributed by atoms with van der Waals surface area (Å²) in [6.45, 7) is 7.04. The van der Waals surface area contributed by atoms with Gasteiger partial charge in [0.2, 0.25) is 5.91 Å². The summed E-state index contributed by atoms with van der Waals surface area (Å²) < 4.78 is 93.7. The van der Waals surface area contributed by atoms with E-state index in [1.54, 1.807) is 6.07 Å². The molecule has 0 atom stereocenters. The molecule has 0 saturated carbocycles. The Kier molecular flexibility index (Phi) is 9.96. The number of amides is 1. The number of aromatic nitrogens is 1. The summed E-state index contributed by atoms with van der Waals surface area (Å²) in [4.78, 5) is 40.5. The zero-order chi connectivity index (χ0) is 35.2. The van der Waals surface area contributed by atoms with Crippen molar-refractivity contribution < 1.29 is 50.0 Å². The van der Waals surface area contributed by atoms with Crippen LogP contribution in [-0.4, -0.2) is 78.1 Å². The molecule has 1 aliphatic rings. The van der Waals surface area contributed by atoms with Gasteiger partial charge in [-0.1, -0.05) is 24.3 Å². The maximum Gasteiger partial charge on any atom is 0.416 e. The molecule has 1 fully saturated rings. The Morgan fingerprint density at radius 3 is 1.98 bits per heavy atom. The number of piperazine rings is 1. The van der Waals surface area contributed by atoms with E-state index < -0.39 is 48.0 Å². The Hall–Kier alpha value is -3.45. The lowest BCUT2D eigenvalue weighted by Crippen LogP contribution is -2.58. The number of likely N-dealkylation sites (N-methyl/N-ethyl adjacent to an activating group) is 2. The van der Waals surface area contributed by atoms with E-state index in [4.69, 9.17) is 0 Å². The van der Waals surface area contributed by atoms with Crippen LogP contribution >= 0.6 is 7.60 Å². The van der Waals surface area contributed by atoms with Gasteiger partial charge in [0.15, 0.2) is 0 Å². The van der Waals surface area contributed by atoms with Crippen molar-refractivity contribution in [3.05, 3.63) is 77.0 Å². The first-order valence-electron chi connectivity index (χ1n) is 14.8. The third-order valence-corrected chi connectivity index (χ3v) is 9.67. The molecule has 0 radical (unpaired) electrons. The number of benzene rings is 2. The number of anilines is 2. The van der Waals surface area contributed by atoms with Gasteiger partial charge >= 0.3 is 19.9 Å². The van der Waals surface area contributed by atoms with Crippen molar-refractivity contribution >= 4 is 25.0 Å². The molecule has 2 N–H and O–H groups in total. The predicted octanol–water partition coefficient (Wildman–Crippen LogP) is 6.48. The highest BCUT2D eigenvalue weighted by atomic mass is 31.2. The minimum absolute atomic E-state index is 0.0342. The van der Waals surface area contributed by atoms with Crippen LogP contribution in [0.1, 0.15) is 36.1 Å². The van der Waals surface area contributed by atoms with Crippen molar-refractivity contribution in [2.75, 3.05) is 62.8 Å². The third kappa shape index (κ3) is 8.35. The minimum Gasteiger partial charge on any atom is -0.345 e. The molecule has 1 aliphatic heterocycles. The molecule has 4 rings (SSSR count). The fourth-order valence-corrected chi connectivity index (χ4v) is 6.45. The number of aryl methyl sites for hydroxylation is 1. The monoisotopic (exact) mass is 687 g/mol. The number of hydrogen-bond donors (Lipinski definition) is 2. The fourth-order valence-electron chi connectivity index (χ4n) is 5.71. The molecule has 2 heterocycles. The summed E-state index contributed by atoms with van der Waals surface area (Å²) in [5.41, 5.74) is -2.74. The van der Waals surface area contributed by atoms with Crippen LogP contribution in [-0.2, 0) is 27.1 Å². The summed E-state index contributed by atoms with van der Waals surface area (Å²) in [6.07, 6.45) is -8.89. The Balaban J connectivity index is 1.71. The minimum atomic E-state index is -5.07.